The summed E-state index contributed by atoms with van der Waals surface area (Å²) in [7, 11) is 0. The molecule has 1 aromatic carbocycles. The molecule has 0 heterocycles. The number of ether oxygens (including phenoxy) is 1. The molecule has 0 fully saturated rings. The summed E-state index contributed by atoms with van der Waals surface area (Å²) in [5.41, 5.74) is 0.553. The number of benzene rings is 1. The molecule has 1 amide bonds. The van der Waals surface area contributed by atoms with Crippen LogP contribution < -0.4 is 10.1 Å². The van der Waals surface area contributed by atoms with Crippen molar-refractivity contribution in [3.8, 4) is 5.75 Å². The summed E-state index contributed by atoms with van der Waals surface area (Å²) >= 11 is 3.30. The second-order valence-electron chi connectivity index (χ2n) is 3.86. The molecule has 1 atom stereocenters. The van der Waals surface area contributed by atoms with E-state index in [-0.39, 0.29) is 5.91 Å². The Bertz CT molecular complexity index is 434. The van der Waals surface area contributed by atoms with Crippen LogP contribution in [0.2, 0.25) is 0 Å². The Balaban J connectivity index is 2.66. The summed E-state index contributed by atoms with van der Waals surface area (Å²) in [6.45, 7) is 4.31. The maximum absolute atomic E-state index is 11.6. The van der Waals surface area contributed by atoms with Gasteiger partial charge in [-0.3, -0.25) is 9.59 Å². The lowest BCUT2D eigenvalue weighted by atomic mass is 10.2. The van der Waals surface area contributed by atoms with E-state index < -0.39 is 6.10 Å². The summed E-state index contributed by atoms with van der Waals surface area (Å²) in [5.74, 6) is 0.392. The summed E-state index contributed by atoms with van der Waals surface area (Å²) in [5, 5.41) is 2.76. The Kier molecular flexibility index (Phi) is 5.85. The van der Waals surface area contributed by atoms with E-state index in [4.69, 9.17) is 4.74 Å². The molecule has 0 aliphatic heterocycles. The fourth-order valence-electron chi connectivity index (χ4n) is 1.32. The van der Waals surface area contributed by atoms with E-state index >= 15 is 0 Å². The first-order valence-electron chi connectivity index (χ1n) is 5.77. The molecular weight excluding hydrogens is 298 g/mol. The van der Waals surface area contributed by atoms with E-state index in [0.717, 1.165) is 12.7 Å². The second-order valence-corrected chi connectivity index (χ2v) is 4.71. The van der Waals surface area contributed by atoms with Crippen LogP contribution in [0.1, 0.15) is 30.6 Å². The molecule has 1 N–H and O–H groups in total. The molecule has 4 nitrogen and oxygen atoms in total. The lowest BCUT2D eigenvalue weighted by molar-refractivity contribution is -0.127. The van der Waals surface area contributed by atoms with Crippen molar-refractivity contribution in [2.45, 2.75) is 26.4 Å². The molecule has 18 heavy (non-hydrogen) atoms. The van der Waals surface area contributed by atoms with Crippen LogP contribution >= 0.6 is 15.9 Å². The van der Waals surface area contributed by atoms with Gasteiger partial charge < -0.3 is 10.1 Å². The quantitative estimate of drug-likeness (QED) is 0.821. The highest BCUT2D eigenvalue weighted by atomic mass is 79.9. The van der Waals surface area contributed by atoms with Gasteiger partial charge in [0.05, 0.1) is 4.47 Å². The molecule has 0 radical (unpaired) electrons. The molecule has 0 aliphatic rings. The topological polar surface area (TPSA) is 55.4 Å². The first-order chi connectivity index (χ1) is 8.58. The Hall–Kier alpha value is -1.36. The number of hydrogen-bond acceptors (Lipinski definition) is 3. The number of nitrogens with one attached hydrogen (secondary N) is 1. The molecule has 0 bridgehead atoms. The molecule has 5 heteroatoms. The first kappa shape index (κ1) is 14.7. The van der Waals surface area contributed by atoms with Gasteiger partial charge in [0.25, 0.3) is 5.91 Å². The molecule has 0 saturated heterocycles. The van der Waals surface area contributed by atoms with Crippen molar-refractivity contribution >= 4 is 28.1 Å². The molecule has 0 spiro atoms. The number of carbonyl (C=O) groups excluding carboxylic acids is 2. The summed E-state index contributed by atoms with van der Waals surface area (Å²) in [4.78, 5) is 22.2. The summed E-state index contributed by atoms with van der Waals surface area (Å²) in [6.07, 6.45) is 1.07. The van der Waals surface area contributed by atoms with Crippen LogP contribution in [-0.2, 0) is 4.79 Å². The zero-order valence-electron chi connectivity index (χ0n) is 10.4. The average molecular weight is 314 g/mol. The Labute approximate surface area is 115 Å². The fraction of sp³-hybridized carbons (Fsp3) is 0.385. The lowest BCUT2D eigenvalue weighted by Gasteiger charge is -2.15. The summed E-state index contributed by atoms with van der Waals surface area (Å²) in [6, 6.07) is 4.96. The fourth-order valence-corrected chi connectivity index (χ4v) is 1.81. The van der Waals surface area contributed by atoms with E-state index in [1.807, 2.05) is 6.92 Å². The molecule has 1 rings (SSSR count). The predicted molar refractivity (Wildman–Crippen MR) is 72.9 cm³/mol. The van der Waals surface area contributed by atoms with Gasteiger partial charge in [0.1, 0.15) is 12.0 Å². The summed E-state index contributed by atoms with van der Waals surface area (Å²) < 4.78 is 6.18. The lowest BCUT2D eigenvalue weighted by Crippen LogP contribution is -2.36. The number of rotatable bonds is 6. The van der Waals surface area contributed by atoms with E-state index in [9.17, 15) is 9.59 Å². The zero-order chi connectivity index (χ0) is 13.5. The van der Waals surface area contributed by atoms with Gasteiger partial charge in [0.15, 0.2) is 6.10 Å². The SMILES string of the molecule is CCCNC(=O)C(C)Oc1ccc(C=O)cc1Br. The molecule has 98 valence electrons. The van der Waals surface area contributed by atoms with Crippen LogP contribution in [-0.4, -0.2) is 24.8 Å². The Morgan fingerprint density at radius 2 is 2.28 bits per heavy atom. The third kappa shape index (κ3) is 4.14. The van der Waals surface area contributed by atoms with Gasteiger partial charge in [-0.1, -0.05) is 6.92 Å². The Morgan fingerprint density at radius 3 is 2.83 bits per heavy atom. The molecule has 1 unspecified atom stereocenters. The molecule has 0 aliphatic carbocycles. The van der Waals surface area contributed by atoms with Crippen molar-refractivity contribution in [1.29, 1.82) is 0 Å². The number of amides is 1. The monoisotopic (exact) mass is 313 g/mol. The third-order valence-electron chi connectivity index (χ3n) is 2.31. The van der Waals surface area contributed by atoms with Crippen molar-refractivity contribution < 1.29 is 14.3 Å². The van der Waals surface area contributed by atoms with E-state index in [1.165, 1.54) is 0 Å². The third-order valence-corrected chi connectivity index (χ3v) is 2.93. The van der Waals surface area contributed by atoms with Gasteiger partial charge >= 0.3 is 0 Å². The largest absolute Gasteiger partial charge is 0.480 e. The highest BCUT2D eigenvalue weighted by Crippen LogP contribution is 2.26. The standard InChI is InChI=1S/C13H16BrNO3/c1-3-6-15-13(17)9(2)18-12-5-4-10(8-16)7-11(12)14/h4-5,7-9H,3,6H2,1-2H3,(H,15,17). The number of aldehydes is 1. The van der Waals surface area contributed by atoms with Gasteiger partial charge in [0, 0.05) is 12.1 Å². The molecular formula is C13H16BrNO3. The van der Waals surface area contributed by atoms with Gasteiger partial charge in [-0.05, 0) is 47.5 Å². The van der Waals surface area contributed by atoms with Crippen LogP contribution in [0.15, 0.2) is 22.7 Å². The van der Waals surface area contributed by atoms with Crippen LogP contribution in [0.25, 0.3) is 0 Å². The molecule has 1 aromatic rings. The smallest absolute Gasteiger partial charge is 0.260 e. The minimum Gasteiger partial charge on any atom is -0.480 e. The number of carbonyl (C=O) groups is 2. The van der Waals surface area contributed by atoms with Crippen LogP contribution in [0.3, 0.4) is 0 Å². The maximum atomic E-state index is 11.6. The van der Waals surface area contributed by atoms with Gasteiger partial charge in [-0.2, -0.15) is 0 Å². The molecule has 0 aromatic heterocycles. The van der Waals surface area contributed by atoms with Crippen LogP contribution in [0.5, 0.6) is 5.75 Å². The van der Waals surface area contributed by atoms with E-state index in [0.29, 0.717) is 22.3 Å². The molecule has 0 saturated carbocycles. The highest BCUT2D eigenvalue weighted by molar-refractivity contribution is 9.10. The maximum Gasteiger partial charge on any atom is 0.260 e. The van der Waals surface area contributed by atoms with E-state index in [1.54, 1.807) is 25.1 Å². The normalized spacial score (nSPS) is 11.7. The van der Waals surface area contributed by atoms with Crippen molar-refractivity contribution in [3.63, 3.8) is 0 Å². The minimum atomic E-state index is -0.574. The van der Waals surface area contributed by atoms with Crippen molar-refractivity contribution in [3.05, 3.63) is 28.2 Å². The van der Waals surface area contributed by atoms with Crippen LogP contribution in [0, 0.1) is 0 Å². The van der Waals surface area contributed by atoms with E-state index in [2.05, 4.69) is 21.2 Å². The van der Waals surface area contributed by atoms with Crippen LogP contribution in [0.4, 0.5) is 0 Å². The number of hydrogen-bond donors (Lipinski definition) is 1. The van der Waals surface area contributed by atoms with Crippen molar-refractivity contribution in [1.82, 2.24) is 5.32 Å². The Morgan fingerprint density at radius 1 is 1.56 bits per heavy atom. The van der Waals surface area contributed by atoms with Gasteiger partial charge in [-0.25, -0.2) is 0 Å². The number of halogens is 1. The average Bonchev–Trinajstić information content (AvgIpc) is 2.38. The second kappa shape index (κ2) is 7.16. The van der Waals surface area contributed by atoms with Gasteiger partial charge in [0.2, 0.25) is 0 Å². The highest BCUT2D eigenvalue weighted by Gasteiger charge is 2.15. The van der Waals surface area contributed by atoms with Gasteiger partial charge in [-0.15, -0.1) is 0 Å². The van der Waals surface area contributed by atoms with Crippen molar-refractivity contribution in [2.75, 3.05) is 6.54 Å². The zero-order valence-corrected chi connectivity index (χ0v) is 12.0. The first-order valence-corrected chi connectivity index (χ1v) is 6.57. The van der Waals surface area contributed by atoms with Crippen molar-refractivity contribution in [2.24, 2.45) is 0 Å². The predicted octanol–water partition coefficient (Wildman–Crippen LogP) is 2.56. The minimum absolute atomic E-state index is 0.150.